The molecule has 0 saturated carbocycles. The van der Waals surface area contributed by atoms with Crippen molar-refractivity contribution < 1.29 is 47.2 Å². The highest BCUT2D eigenvalue weighted by Crippen LogP contribution is 2.28. The Morgan fingerprint density at radius 2 is 1.64 bits per heavy atom. The first kappa shape index (κ1) is 32.7. The van der Waals surface area contributed by atoms with Gasteiger partial charge in [-0.25, -0.2) is 27.4 Å². The van der Waals surface area contributed by atoms with Gasteiger partial charge in [-0.15, -0.1) is 0 Å². The molecule has 17 heteroatoms. The van der Waals surface area contributed by atoms with Crippen molar-refractivity contribution in [3.8, 4) is 11.1 Å². The molecule has 4 aromatic rings. The summed E-state index contributed by atoms with van der Waals surface area (Å²) >= 11 is 5.81. The average Bonchev–Trinajstić information content (AvgIpc) is 3.40. The minimum atomic E-state index is -3.38. The second-order valence-electron chi connectivity index (χ2n) is 9.76. The zero-order chi connectivity index (χ0) is 32.4. The molecule has 0 aliphatic rings. The quantitative estimate of drug-likeness (QED) is 0.120. The number of carboxylic acid groups (broad SMARTS) is 2. The summed E-state index contributed by atoms with van der Waals surface area (Å²) in [5, 5.41) is 30.4. The van der Waals surface area contributed by atoms with Gasteiger partial charge in [0.2, 0.25) is 11.6 Å². The number of rotatable bonds is 13. The number of halogens is 2. The van der Waals surface area contributed by atoms with E-state index in [4.69, 9.17) is 26.8 Å². The zero-order valence-corrected chi connectivity index (χ0v) is 24.7. The number of carbonyl (C=O) groups is 2. The van der Waals surface area contributed by atoms with Gasteiger partial charge in [-0.2, -0.15) is 9.97 Å². The maximum absolute atomic E-state index is 15.5. The number of imidazole rings is 1. The fraction of sp³-hybridized carbons (Fsp3) is 0.296. The summed E-state index contributed by atoms with van der Waals surface area (Å²) in [7, 11) is -2.29. The molecule has 0 aliphatic carbocycles. The Morgan fingerprint density at radius 3 is 2.16 bits per heavy atom. The number of aromatic nitrogens is 4. The number of nitrogens with two attached hydrogens (primary N) is 1. The summed E-state index contributed by atoms with van der Waals surface area (Å²) in [6.45, 7) is -0.841. The Hall–Kier alpha value is -4.22. The van der Waals surface area contributed by atoms with E-state index in [1.165, 1.54) is 24.3 Å². The molecule has 0 spiro atoms. The second-order valence-corrected chi connectivity index (χ2v) is 12.1. The van der Waals surface area contributed by atoms with E-state index in [9.17, 15) is 33.3 Å². The number of hydrogen-bond acceptors (Lipinski definition) is 11. The number of nitrogen functional groups attached to an aromatic ring is 1. The third kappa shape index (κ3) is 6.63. The molecule has 5 N–H and O–H groups in total. The van der Waals surface area contributed by atoms with Crippen LogP contribution in [-0.2, 0) is 35.3 Å². The highest BCUT2D eigenvalue weighted by atomic mass is 35.5. The van der Waals surface area contributed by atoms with Gasteiger partial charge in [0.25, 0.3) is 5.60 Å². The van der Waals surface area contributed by atoms with Crippen molar-refractivity contribution >= 4 is 50.4 Å². The lowest BCUT2D eigenvalue weighted by atomic mass is 9.93. The van der Waals surface area contributed by atoms with E-state index in [0.29, 0.717) is 11.1 Å². The largest absolute Gasteiger partial charge is 0.479 e. The van der Waals surface area contributed by atoms with E-state index in [-0.39, 0.29) is 32.7 Å². The summed E-state index contributed by atoms with van der Waals surface area (Å²) < 4.78 is 50.2. The number of aliphatic hydroxyl groups excluding tert-OH is 1. The van der Waals surface area contributed by atoms with Crippen molar-refractivity contribution in [2.24, 2.45) is 0 Å². The van der Waals surface area contributed by atoms with Crippen LogP contribution in [0.2, 0.25) is 5.28 Å². The lowest BCUT2D eigenvalue weighted by Crippen LogP contribution is -2.53. The predicted molar refractivity (Wildman–Crippen MR) is 154 cm³/mol. The van der Waals surface area contributed by atoms with Crippen molar-refractivity contribution in [1.82, 2.24) is 19.5 Å². The van der Waals surface area contributed by atoms with Crippen LogP contribution in [0.1, 0.15) is 11.9 Å². The third-order valence-corrected chi connectivity index (χ3v) is 8.16. The van der Waals surface area contributed by atoms with Gasteiger partial charge in [0.1, 0.15) is 17.7 Å². The Balaban J connectivity index is 1.53. The molecule has 0 radical (unpaired) electrons. The first-order chi connectivity index (χ1) is 20.7. The SMILES string of the molecule is CO[C@H](COC(Cc1ccc(-c2ccc(S(C)(=O)=O)cc2)cc1)(C(=O)O)C(=O)O)[C@@H](O)[C@H](F)n1cnc2c(N)nc(Cl)nc21. The lowest BCUT2D eigenvalue weighted by molar-refractivity contribution is -0.192. The van der Waals surface area contributed by atoms with Crippen LogP contribution >= 0.6 is 11.6 Å². The molecule has 0 aliphatic heterocycles. The summed E-state index contributed by atoms with van der Waals surface area (Å²) in [5.74, 6) is -3.80. The molecule has 14 nitrogen and oxygen atoms in total. The molecule has 4 rings (SSSR count). The molecule has 2 aromatic heterocycles. The third-order valence-electron chi connectivity index (χ3n) is 6.86. The Labute approximate surface area is 254 Å². The fourth-order valence-electron chi connectivity index (χ4n) is 4.38. The number of hydrogen-bond donors (Lipinski definition) is 4. The summed E-state index contributed by atoms with van der Waals surface area (Å²) in [6, 6.07) is 12.3. The van der Waals surface area contributed by atoms with E-state index < -0.39 is 58.9 Å². The van der Waals surface area contributed by atoms with Crippen molar-refractivity contribution in [3.63, 3.8) is 0 Å². The topological polar surface area (TPSA) is 217 Å². The molecule has 0 bridgehead atoms. The van der Waals surface area contributed by atoms with E-state index in [1.54, 1.807) is 24.3 Å². The predicted octanol–water partition coefficient (Wildman–Crippen LogP) is 2.14. The van der Waals surface area contributed by atoms with Crippen molar-refractivity contribution in [1.29, 1.82) is 0 Å². The summed E-state index contributed by atoms with van der Waals surface area (Å²) in [5.41, 5.74) is 4.37. The molecular weight excluding hydrogens is 625 g/mol. The highest BCUT2D eigenvalue weighted by Gasteiger charge is 2.49. The highest BCUT2D eigenvalue weighted by molar-refractivity contribution is 7.90. The molecule has 0 unspecified atom stereocenters. The zero-order valence-electron chi connectivity index (χ0n) is 23.2. The van der Waals surface area contributed by atoms with E-state index in [1.807, 2.05) is 0 Å². The van der Waals surface area contributed by atoms with Gasteiger partial charge in [0.15, 0.2) is 21.3 Å². The van der Waals surface area contributed by atoms with Crippen LogP contribution in [0.3, 0.4) is 0 Å². The lowest BCUT2D eigenvalue weighted by Gasteiger charge is -2.30. The van der Waals surface area contributed by atoms with E-state index in [0.717, 1.165) is 24.3 Å². The summed E-state index contributed by atoms with van der Waals surface area (Å²) in [6.07, 6.45) is -4.39. The van der Waals surface area contributed by atoms with Crippen LogP contribution in [0.5, 0.6) is 0 Å². The maximum Gasteiger partial charge on any atom is 0.348 e. The number of alkyl halides is 1. The van der Waals surface area contributed by atoms with Gasteiger partial charge in [0, 0.05) is 19.8 Å². The number of ether oxygens (including phenoxy) is 2. The minimum Gasteiger partial charge on any atom is -0.479 e. The normalized spacial score (nSPS) is 14.3. The molecule has 2 aromatic carbocycles. The van der Waals surface area contributed by atoms with Crippen LogP contribution in [0.4, 0.5) is 10.2 Å². The number of benzene rings is 2. The molecule has 0 fully saturated rings. The molecular formula is C27H27ClFN5O9S. The molecule has 3 atom stereocenters. The van der Waals surface area contributed by atoms with Gasteiger partial charge in [-0.1, -0.05) is 36.4 Å². The number of anilines is 1. The van der Waals surface area contributed by atoms with Crippen molar-refractivity contribution in [2.45, 2.75) is 35.4 Å². The Bertz CT molecular complexity index is 1770. The summed E-state index contributed by atoms with van der Waals surface area (Å²) in [4.78, 5) is 36.2. The molecule has 0 amide bonds. The van der Waals surface area contributed by atoms with Crippen LogP contribution in [0.15, 0.2) is 59.8 Å². The van der Waals surface area contributed by atoms with Crippen molar-refractivity contribution in [2.75, 3.05) is 25.7 Å². The monoisotopic (exact) mass is 651 g/mol. The number of nitrogens with zero attached hydrogens (tertiary/aromatic N) is 4. The van der Waals surface area contributed by atoms with Crippen LogP contribution in [0, 0.1) is 0 Å². The smallest absolute Gasteiger partial charge is 0.348 e. The first-order valence-electron chi connectivity index (χ1n) is 12.7. The fourth-order valence-corrected chi connectivity index (χ4v) is 5.18. The van der Waals surface area contributed by atoms with Crippen LogP contribution in [-0.4, -0.2) is 93.0 Å². The van der Waals surface area contributed by atoms with Crippen molar-refractivity contribution in [3.05, 3.63) is 65.7 Å². The number of fused-ring (bicyclic) bond motifs is 1. The molecule has 0 saturated heterocycles. The van der Waals surface area contributed by atoms with Crippen LogP contribution in [0.25, 0.3) is 22.3 Å². The van der Waals surface area contributed by atoms with Crippen LogP contribution < -0.4 is 5.73 Å². The van der Waals surface area contributed by atoms with E-state index >= 15 is 4.39 Å². The molecule has 44 heavy (non-hydrogen) atoms. The van der Waals surface area contributed by atoms with Gasteiger partial charge < -0.3 is 30.5 Å². The number of aliphatic carboxylic acids is 2. The van der Waals surface area contributed by atoms with Gasteiger partial charge >= 0.3 is 11.9 Å². The number of methoxy groups -OCH3 is 1. The second kappa shape index (κ2) is 12.8. The van der Waals surface area contributed by atoms with Gasteiger partial charge in [-0.3, -0.25) is 4.57 Å². The Morgan fingerprint density at radius 1 is 1.07 bits per heavy atom. The van der Waals surface area contributed by atoms with Gasteiger partial charge in [-0.05, 0) is 40.4 Å². The molecule has 234 valence electrons. The Kier molecular flexibility index (Phi) is 9.50. The van der Waals surface area contributed by atoms with Gasteiger partial charge in [0.05, 0.1) is 17.8 Å². The number of sulfone groups is 1. The molecule has 2 heterocycles. The van der Waals surface area contributed by atoms with E-state index in [2.05, 4.69) is 15.0 Å². The standard InChI is InChI=1S/C27H27ClFN5O9S/c1-42-18(20(35)21(29)34-13-31-19-22(30)32-26(28)33-23(19)34)12-43-27(24(36)37,25(38)39)11-14-3-5-15(6-4-14)16-7-9-17(10-8-16)44(2,40)41/h3-10,13,18,20-21,35H,11-12H2,1-2H3,(H,36,37)(H,38,39)(H2,30,32,33)/t18-,20-,21-/m1/s1. The minimum absolute atomic E-state index is 0.0159. The average molecular weight is 652 g/mol. The number of carboxylic acids is 2. The number of aliphatic hydroxyl groups is 1. The maximum atomic E-state index is 15.5. The first-order valence-corrected chi connectivity index (χ1v) is 15.0.